The topological polar surface area (TPSA) is 66.5 Å². The molecule has 2 aromatic rings. The van der Waals surface area contributed by atoms with Gasteiger partial charge in [0.15, 0.2) is 0 Å². The van der Waals surface area contributed by atoms with Crippen molar-refractivity contribution in [2.24, 2.45) is 0 Å². The lowest BCUT2D eigenvalue weighted by Crippen LogP contribution is -2.36. The van der Waals surface area contributed by atoms with Crippen LogP contribution < -0.4 is 9.62 Å². The van der Waals surface area contributed by atoms with Crippen molar-refractivity contribution in [1.82, 2.24) is 0 Å². The van der Waals surface area contributed by atoms with Crippen LogP contribution in [0.4, 0.5) is 15.8 Å². The van der Waals surface area contributed by atoms with Crippen molar-refractivity contribution in [3.63, 3.8) is 0 Å². The highest BCUT2D eigenvalue weighted by molar-refractivity contribution is 7.91. The Morgan fingerprint density at radius 2 is 2.00 bits per heavy atom. The molecule has 0 saturated carbocycles. The molecule has 1 amide bonds. The molecule has 2 aromatic carbocycles. The molecule has 0 aliphatic carbocycles. The largest absolute Gasteiger partial charge is 0.309 e. The van der Waals surface area contributed by atoms with E-state index in [4.69, 9.17) is 11.6 Å². The van der Waals surface area contributed by atoms with Crippen LogP contribution in [0.5, 0.6) is 0 Å². The number of carbonyl (C=O) groups excluding carboxylic acids is 1. The number of hydrogen-bond acceptors (Lipinski definition) is 3. The van der Waals surface area contributed by atoms with Crippen LogP contribution >= 0.6 is 11.6 Å². The normalized spacial score (nSPS) is 14.2. The highest BCUT2D eigenvalue weighted by atomic mass is 35.5. The SMILES string of the molecule is CCCN1C(=O)CCc2cc(NS(=O)(=O)Cc3cccc(Cl)c3)cc(F)c21. The van der Waals surface area contributed by atoms with Gasteiger partial charge in [0.25, 0.3) is 0 Å². The third-order valence-electron chi connectivity index (χ3n) is 4.29. The number of amides is 1. The first-order valence-corrected chi connectivity index (χ1v) is 10.7. The molecule has 0 fully saturated rings. The molecule has 0 saturated heterocycles. The lowest BCUT2D eigenvalue weighted by molar-refractivity contribution is -0.118. The van der Waals surface area contributed by atoms with E-state index in [0.29, 0.717) is 35.5 Å². The molecule has 1 N–H and O–H groups in total. The van der Waals surface area contributed by atoms with Gasteiger partial charge in [-0.1, -0.05) is 30.7 Å². The van der Waals surface area contributed by atoms with Crippen LogP contribution in [0, 0.1) is 5.82 Å². The van der Waals surface area contributed by atoms with E-state index in [1.807, 2.05) is 6.92 Å². The molecule has 0 aromatic heterocycles. The van der Waals surface area contributed by atoms with Gasteiger partial charge in [-0.05, 0) is 42.2 Å². The standard InChI is InChI=1S/C19H20ClFN2O3S/c1-2-8-23-18(24)7-6-14-10-16(11-17(21)19(14)23)22-27(25,26)12-13-4-3-5-15(20)9-13/h3-5,9-11,22H,2,6-8,12H2,1H3. The fourth-order valence-electron chi connectivity index (χ4n) is 3.23. The van der Waals surface area contributed by atoms with Crippen molar-refractivity contribution < 1.29 is 17.6 Å². The van der Waals surface area contributed by atoms with E-state index in [9.17, 15) is 17.6 Å². The number of carbonyl (C=O) groups is 1. The Labute approximate surface area is 163 Å². The molecule has 0 atom stereocenters. The van der Waals surface area contributed by atoms with Crippen LogP contribution in [0.1, 0.15) is 30.9 Å². The Morgan fingerprint density at radius 3 is 2.70 bits per heavy atom. The van der Waals surface area contributed by atoms with E-state index < -0.39 is 15.8 Å². The van der Waals surface area contributed by atoms with E-state index >= 15 is 0 Å². The number of halogens is 2. The molecule has 0 spiro atoms. The Bertz CT molecular complexity index is 979. The smallest absolute Gasteiger partial charge is 0.236 e. The second kappa shape index (κ2) is 7.86. The second-order valence-electron chi connectivity index (χ2n) is 6.50. The highest BCUT2D eigenvalue weighted by Gasteiger charge is 2.27. The zero-order valence-corrected chi connectivity index (χ0v) is 16.4. The van der Waals surface area contributed by atoms with Gasteiger partial charge < -0.3 is 4.90 Å². The van der Waals surface area contributed by atoms with Crippen LogP contribution in [0.15, 0.2) is 36.4 Å². The van der Waals surface area contributed by atoms with E-state index in [1.54, 1.807) is 30.3 Å². The Balaban J connectivity index is 1.86. The van der Waals surface area contributed by atoms with E-state index in [0.717, 1.165) is 6.07 Å². The summed E-state index contributed by atoms with van der Waals surface area (Å²) >= 11 is 5.89. The van der Waals surface area contributed by atoms with Crippen molar-refractivity contribution >= 4 is 38.9 Å². The Morgan fingerprint density at radius 1 is 1.22 bits per heavy atom. The third-order valence-corrected chi connectivity index (χ3v) is 5.78. The molecule has 1 aliphatic rings. The lowest BCUT2D eigenvalue weighted by atomic mass is 10.00. The van der Waals surface area contributed by atoms with Gasteiger partial charge in [0.2, 0.25) is 15.9 Å². The Hall–Kier alpha value is -2.12. The first-order chi connectivity index (χ1) is 12.8. The summed E-state index contributed by atoms with van der Waals surface area (Å²) in [5.41, 5.74) is 1.57. The van der Waals surface area contributed by atoms with Gasteiger partial charge >= 0.3 is 0 Å². The van der Waals surface area contributed by atoms with Crippen LogP contribution in [-0.4, -0.2) is 20.9 Å². The molecule has 27 heavy (non-hydrogen) atoms. The zero-order chi connectivity index (χ0) is 19.6. The number of anilines is 2. The fourth-order valence-corrected chi connectivity index (χ4v) is 4.61. The number of hydrogen-bond donors (Lipinski definition) is 1. The average molecular weight is 411 g/mol. The van der Waals surface area contributed by atoms with Crippen LogP contribution in [0.3, 0.4) is 0 Å². The number of rotatable bonds is 6. The third kappa shape index (κ3) is 4.59. The van der Waals surface area contributed by atoms with Crippen molar-refractivity contribution in [2.45, 2.75) is 31.9 Å². The summed E-state index contributed by atoms with van der Waals surface area (Å²) in [6.07, 6.45) is 1.37. The van der Waals surface area contributed by atoms with Crippen LogP contribution in [-0.2, 0) is 27.0 Å². The molecular formula is C19H20ClFN2O3S. The van der Waals surface area contributed by atoms with Crippen molar-refractivity contribution in [2.75, 3.05) is 16.2 Å². The fraction of sp³-hybridized carbons (Fsp3) is 0.316. The summed E-state index contributed by atoms with van der Waals surface area (Å²) in [5, 5.41) is 0.447. The summed E-state index contributed by atoms with van der Waals surface area (Å²) in [4.78, 5) is 13.5. The number of sulfonamides is 1. The predicted octanol–water partition coefficient (Wildman–Crippen LogP) is 4.11. The summed E-state index contributed by atoms with van der Waals surface area (Å²) in [7, 11) is -3.74. The van der Waals surface area contributed by atoms with Gasteiger partial charge in [-0.15, -0.1) is 0 Å². The molecule has 1 aliphatic heterocycles. The number of nitrogens with one attached hydrogen (secondary N) is 1. The molecule has 8 heteroatoms. The number of nitrogens with zero attached hydrogens (tertiary/aromatic N) is 1. The predicted molar refractivity (Wildman–Crippen MR) is 105 cm³/mol. The van der Waals surface area contributed by atoms with Crippen LogP contribution in [0.25, 0.3) is 0 Å². The molecule has 0 bridgehead atoms. The minimum Gasteiger partial charge on any atom is -0.309 e. The van der Waals surface area contributed by atoms with Gasteiger partial charge in [0.1, 0.15) is 5.82 Å². The maximum absolute atomic E-state index is 14.7. The minimum atomic E-state index is -3.74. The van der Waals surface area contributed by atoms with Gasteiger partial charge in [-0.3, -0.25) is 9.52 Å². The highest BCUT2D eigenvalue weighted by Crippen LogP contribution is 2.34. The minimum absolute atomic E-state index is 0.113. The molecule has 1 heterocycles. The van der Waals surface area contributed by atoms with Crippen molar-refractivity contribution in [3.8, 4) is 0 Å². The maximum atomic E-state index is 14.7. The maximum Gasteiger partial charge on any atom is 0.236 e. The molecule has 0 radical (unpaired) electrons. The van der Waals surface area contributed by atoms with Gasteiger partial charge in [-0.25, -0.2) is 12.8 Å². The summed E-state index contributed by atoms with van der Waals surface area (Å²) in [5.74, 6) is -0.987. The van der Waals surface area contributed by atoms with E-state index in [-0.39, 0.29) is 29.5 Å². The van der Waals surface area contributed by atoms with Gasteiger partial charge in [-0.2, -0.15) is 0 Å². The molecule has 0 unspecified atom stereocenters. The second-order valence-corrected chi connectivity index (χ2v) is 8.66. The zero-order valence-electron chi connectivity index (χ0n) is 14.8. The summed E-state index contributed by atoms with van der Waals surface area (Å²) in [6, 6.07) is 9.28. The summed E-state index contributed by atoms with van der Waals surface area (Å²) < 4.78 is 42.0. The van der Waals surface area contributed by atoms with E-state index in [1.165, 1.54) is 4.90 Å². The summed E-state index contributed by atoms with van der Waals surface area (Å²) in [6.45, 7) is 2.35. The monoisotopic (exact) mass is 410 g/mol. The number of fused-ring (bicyclic) bond motifs is 1. The lowest BCUT2D eigenvalue weighted by Gasteiger charge is -2.30. The van der Waals surface area contributed by atoms with Crippen molar-refractivity contribution in [3.05, 3.63) is 58.4 Å². The van der Waals surface area contributed by atoms with Crippen molar-refractivity contribution in [1.29, 1.82) is 0 Å². The first kappa shape index (κ1) is 19.6. The number of aryl methyl sites for hydroxylation is 1. The molecule has 144 valence electrons. The van der Waals surface area contributed by atoms with Gasteiger partial charge in [0.05, 0.1) is 17.1 Å². The molecular weight excluding hydrogens is 391 g/mol. The van der Waals surface area contributed by atoms with Crippen LogP contribution in [0.2, 0.25) is 5.02 Å². The van der Waals surface area contributed by atoms with E-state index in [2.05, 4.69) is 4.72 Å². The molecule has 3 rings (SSSR count). The average Bonchev–Trinajstić information content (AvgIpc) is 2.56. The Kier molecular flexibility index (Phi) is 5.72. The number of benzene rings is 2. The quantitative estimate of drug-likeness (QED) is 0.779. The first-order valence-electron chi connectivity index (χ1n) is 8.67. The van der Waals surface area contributed by atoms with Gasteiger partial charge in [0, 0.05) is 24.1 Å². The molecule has 5 nitrogen and oxygen atoms in total.